The summed E-state index contributed by atoms with van der Waals surface area (Å²) >= 11 is 1.28. The molecule has 0 spiro atoms. The molecular weight excluding hydrogens is 346 g/mol. The Bertz CT molecular complexity index is 797. The molecule has 0 bridgehead atoms. The molecule has 2 aliphatic carbocycles. The van der Waals surface area contributed by atoms with Crippen LogP contribution in [0, 0.1) is 11.6 Å². The molecule has 25 heavy (non-hydrogen) atoms. The number of hydrogen-bond donors (Lipinski definition) is 1. The summed E-state index contributed by atoms with van der Waals surface area (Å²) < 4.78 is 29.5. The number of para-hydroxylation sites is 1. The van der Waals surface area contributed by atoms with Crippen molar-refractivity contribution in [3.05, 3.63) is 35.7 Å². The van der Waals surface area contributed by atoms with Crippen LogP contribution in [0.2, 0.25) is 0 Å². The van der Waals surface area contributed by atoms with Crippen LogP contribution in [0.5, 0.6) is 0 Å². The minimum absolute atomic E-state index is 0.415. The maximum absolute atomic E-state index is 13.7. The Morgan fingerprint density at radius 2 is 1.92 bits per heavy atom. The topological polar surface area (TPSA) is 59.8 Å². The highest BCUT2D eigenvalue weighted by molar-refractivity contribution is 8.00. The molecule has 1 aromatic heterocycles. The molecule has 4 rings (SSSR count). The molecule has 8 heteroatoms. The predicted octanol–water partition coefficient (Wildman–Crippen LogP) is 3.89. The third kappa shape index (κ3) is 3.40. The van der Waals surface area contributed by atoms with Crippen molar-refractivity contribution in [2.24, 2.45) is 0 Å². The molecule has 2 saturated carbocycles. The third-order valence-electron chi connectivity index (χ3n) is 4.41. The summed E-state index contributed by atoms with van der Waals surface area (Å²) in [6, 6.07) is 3.91. The lowest BCUT2D eigenvalue weighted by Crippen LogP contribution is -2.24. The summed E-state index contributed by atoms with van der Waals surface area (Å²) in [4.78, 5) is 12.3. The van der Waals surface area contributed by atoms with Gasteiger partial charge in [-0.05, 0) is 44.7 Å². The zero-order valence-electron chi connectivity index (χ0n) is 13.7. The number of thioether (sulfide) groups is 1. The van der Waals surface area contributed by atoms with E-state index in [0.717, 1.165) is 43.6 Å². The summed E-state index contributed by atoms with van der Waals surface area (Å²) in [5.74, 6) is -0.547. The third-order valence-corrected chi connectivity index (χ3v) is 5.46. The van der Waals surface area contributed by atoms with E-state index in [-0.39, 0.29) is 0 Å². The number of carbonyl (C=O) groups excluding carboxylic acids is 1. The summed E-state index contributed by atoms with van der Waals surface area (Å²) in [5.41, 5.74) is -0.415. The number of benzene rings is 1. The van der Waals surface area contributed by atoms with E-state index in [4.69, 9.17) is 0 Å². The molecule has 5 nitrogen and oxygen atoms in total. The lowest BCUT2D eigenvalue weighted by Gasteiger charge is -2.14. The zero-order valence-corrected chi connectivity index (χ0v) is 14.5. The first-order valence-corrected chi connectivity index (χ1v) is 9.29. The number of halogens is 2. The van der Waals surface area contributed by atoms with E-state index in [1.807, 2.05) is 0 Å². The van der Waals surface area contributed by atoms with Crippen LogP contribution in [0.4, 0.5) is 14.5 Å². The molecule has 1 N–H and O–H groups in total. The first-order valence-electron chi connectivity index (χ1n) is 8.41. The van der Waals surface area contributed by atoms with Gasteiger partial charge in [0.2, 0.25) is 5.91 Å². The van der Waals surface area contributed by atoms with Gasteiger partial charge in [0.25, 0.3) is 0 Å². The van der Waals surface area contributed by atoms with Gasteiger partial charge in [-0.3, -0.25) is 4.79 Å². The molecule has 1 amide bonds. The number of nitrogens with one attached hydrogen (secondary N) is 1. The Morgan fingerprint density at radius 1 is 1.24 bits per heavy atom. The predicted molar refractivity (Wildman–Crippen MR) is 90.6 cm³/mol. The second-order valence-electron chi connectivity index (χ2n) is 6.56. The van der Waals surface area contributed by atoms with Crippen molar-refractivity contribution < 1.29 is 13.6 Å². The van der Waals surface area contributed by atoms with Gasteiger partial charge in [-0.15, -0.1) is 10.2 Å². The molecule has 0 radical (unpaired) electrons. The van der Waals surface area contributed by atoms with Crippen molar-refractivity contribution in [1.29, 1.82) is 0 Å². The van der Waals surface area contributed by atoms with E-state index < -0.39 is 28.5 Å². The quantitative estimate of drug-likeness (QED) is 0.790. The fourth-order valence-corrected chi connectivity index (χ4v) is 3.64. The van der Waals surface area contributed by atoms with Gasteiger partial charge in [-0.25, -0.2) is 8.78 Å². The minimum atomic E-state index is -0.789. The Hall–Kier alpha value is -1.96. The monoisotopic (exact) mass is 364 g/mol. The van der Waals surface area contributed by atoms with Gasteiger partial charge >= 0.3 is 0 Å². The Balaban J connectivity index is 1.48. The van der Waals surface area contributed by atoms with Crippen molar-refractivity contribution in [3.63, 3.8) is 0 Å². The fourth-order valence-electron chi connectivity index (χ4n) is 2.72. The van der Waals surface area contributed by atoms with Crippen LogP contribution >= 0.6 is 11.8 Å². The van der Waals surface area contributed by atoms with Crippen LogP contribution in [0.3, 0.4) is 0 Å². The van der Waals surface area contributed by atoms with Gasteiger partial charge in [-0.1, -0.05) is 17.8 Å². The second-order valence-corrected chi connectivity index (χ2v) is 7.87. The maximum atomic E-state index is 13.7. The van der Waals surface area contributed by atoms with Crippen LogP contribution in [0.1, 0.15) is 50.4 Å². The first-order chi connectivity index (χ1) is 12.0. The summed E-state index contributed by atoms with van der Waals surface area (Å²) in [5, 5.41) is 11.1. The molecule has 2 fully saturated rings. The van der Waals surface area contributed by atoms with Crippen LogP contribution in [0.15, 0.2) is 23.4 Å². The summed E-state index contributed by atoms with van der Waals surface area (Å²) in [6.45, 7) is 1.70. The molecule has 1 heterocycles. The van der Waals surface area contributed by atoms with Gasteiger partial charge in [0.1, 0.15) is 23.1 Å². The SMILES string of the molecule is CC(Sc1nnc(C2CC2)n1C1CC1)C(=O)Nc1c(F)cccc1F. The average Bonchev–Trinajstić information content (AvgIpc) is 3.50. The molecule has 1 atom stereocenters. The average molecular weight is 364 g/mol. The van der Waals surface area contributed by atoms with E-state index in [1.165, 1.54) is 17.8 Å². The number of nitrogens with zero attached hydrogens (tertiary/aromatic N) is 3. The molecule has 0 saturated heterocycles. The molecule has 2 aromatic rings. The fraction of sp³-hybridized carbons (Fsp3) is 0.471. The number of hydrogen-bond acceptors (Lipinski definition) is 4. The van der Waals surface area contributed by atoms with Gasteiger partial charge in [-0.2, -0.15) is 0 Å². The molecule has 1 unspecified atom stereocenters. The van der Waals surface area contributed by atoms with Crippen molar-refractivity contribution in [2.75, 3.05) is 5.32 Å². The molecule has 0 aliphatic heterocycles. The number of rotatable bonds is 6. The van der Waals surface area contributed by atoms with Gasteiger partial charge in [0.05, 0.1) is 5.25 Å². The summed E-state index contributed by atoms with van der Waals surface area (Å²) in [6.07, 6.45) is 4.48. The van der Waals surface area contributed by atoms with Gasteiger partial charge in [0, 0.05) is 12.0 Å². The maximum Gasteiger partial charge on any atom is 0.237 e. The lowest BCUT2D eigenvalue weighted by atomic mass is 10.3. The Morgan fingerprint density at radius 3 is 2.52 bits per heavy atom. The van der Waals surface area contributed by atoms with Crippen LogP contribution in [-0.4, -0.2) is 25.9 Å². The van der Waals surface area contributed by atoms with E-state index >= 15 is 0 Å². The number of carbonyl (C=O) groups is 1. The van der Waals surface area contributed by atoms with Crippen LogP contribution in [0.25, 0.3) is 0 Å². The highest BCUT2D eigenvalue weighted by Crippen LogP contribution is 2.46. The van der Waals surface area contributed by atoms with Crippen molar-refractivity contribution in [3.8, 4) is 0 Å². The van der Waals surface area contributed by atoms with Crippen LogP contribution in [-0.2, 0) is 4.79 Å². The molecular formula is C17H18F2N4OS. The Kier molecular flexibility index (Phi) is 4.23. The second kappa shape index (κ2) is 6.40. The van der Waals surface area contributed by atoms with Gasteiger partial charge < -0.3 is 9.88 Å². The van der Waals surface area contributed by atoms with Crippen molar-refractivity contribution in [1.82, 2.24) is 14.8 Å². The normalized spacial score (nSPS) is 18.2. The lowest BCUT2D eigenvalue weighted by molar-refractivity contribution is -0.115. The standard InChI is InChI=1S/C17H18F2N4OS/c1-9(16(24)20-14-12(18)3-2-4-13(14)19)25-17-22-21-15(10-5-6-10)23(17)11-7-8-11/h2-4,9-11H,5-8H2,1H3,(H,20,24). The zero-order chi connectivity index (χ0) is 17.6. The van der Waals surface area contributed by atoms with E-state index in [1.54, 1.807) is 6.92 Å². The minimum Gasteiger partial charge on any atom is -0.320 e. The van der Waals surface area contributed by atoms with E-state index in [2.05, 4.69) is 20.1 Å². The highest BCUT2D eigenvalue weighted by atomic mass is 32.2. The number of amides is 1. The highest BCUT2D eigenvalue weighted by Gasteiger charge is 2.37. The number of aromatic nitrogens is 3. The number of anilines is 1. The summed E-state index contributed by atoms with van der Waals surface area (Å²) in [7, 11) is 0. The smallest absolute Gasteiger partial charge is 0.237 e. The molecule has 132 valence electrons. The Labute approximate surface area is 148 Å². The van der Waals surface area contributed by atoms with Gasteiger partial charge in [0.15, 0.2) is 5.16 Å². The largest absolute Gasteiger partial charge is 0.320 e. The molecule has 2 aliphatic rings. The van der Waals surface area contributed by atoms with E-state index in [0.29, 0.717) is 17.1 Å². The molecule has 1 aromatic carbocycles. The van der Waals surface area contributed by atoms with Crippen LogP contribution < -0.4 is 5.32 Å². The first kappa shape index (κ1) is 16.5. The van der Waals surface area contributed by atoms with Crippen molar-refractivity contribution in [2.45, 2.75) is 55.0 Å². The van der Waals surface area contributed by atoms with Crippen molar-refractivity contribution >= 4 is 23.4 Å². The van der Waals surface area contributed by atoms with E-state index in [9.17, 15) is 13.6 Å².